The van der Waals surface area contributed by atoms with Gasteiger partial charge in [0.25, 0.3) is 5.22 Å². The van der Waals surface area contributed by atoms with Crippen molar-refractivity contribution in [2.45, 2.75) is 38.5 Å². The minimum Gasteiger partial charge on any atom is -0.411 e. The number of carbonyl (C=O) groups excluding carboxylic acids is 1. The minimum absolute atomic E-state index is 0.00740. The first-order valence-corrected chi connectivity index (χ1v) is 8.58. The summed E-state index contributed by atoms with van der Waals surface area (Å²) >= 11 is 1.15. The average molecular weight is 344 g/mol. The van der Waals surface area contributed by atoms with Gasteiger partial charge in [-0.05, 0) is 31.9 Å². The molecule has 0 spiro atoms. The van der Waals surface area contributed by atoms with Gasteiger partial charge in [0, 0.05) is 5.56 Å². The van der Waals surface area contributed by atoms with Crippen LogP contribution >= 0.6 is 11.8 Å². The number of nitrogens with one attached hydrogen (secondary N) is 1. The summed E-state index contributed by atoms with van der Waals surface area (Å²) in [7, 11) is 0. The molecule has 2 aromatic rings. The van der Waals surface area contributed by atoms with Crippen LogP contribution < -0.4 is 5.32 Å². The third-order valence-corrected chi connectivity index (χ3v) is 4.64. The van der Waals surface area contributed by atoms with Crippen molar-refractivity contribution in [1.82, 2.24) is 15.5 Å². The zero-order chi connectivity index (χ0) is 17.7. The second kappa shape index (κ2) is 7.49. The normalized spacial score (nSPS) is 13.3. The van der Waals surface area contributed by atoms with Crippen LogP contribution in [0.25, 0.3) is 11.5 Å². The third kappa shape index (κ3) is 4.36. The van der Waals surface area contributed by atoms with E-state index in [-0.39, 0.29) is 17.6 Å². The van der Waals surface area contributed by atoms with E-state index in [0.717, 1.165) is 22.9 Å². The summed E-state index contributed by atoms with van der Waals surface area (Å²) in [6.45, 7) is 7.50. The standard InChI is InChI=1S/C17H20N4O2S/c1-11(2)17(4,10-18)19-14(22)9-24-16-21-20-15(23-16)13-7-5-12(3)6-8-13/h5-8,11H,9H2,1-4H3,(H,19,22)/t17-/m0/s1. The lowest BCUT2D eigenvalue weighted by Gasteiger charge is -2.27. The van der Waals surface area contributed by atoms with Gasteiger partial charge in [0.05, 0.1) is 11.8 Å². The Bertz CT molecular complexity index is 749. The van der Waals surface area contributed by atoms with Crippen LogP contribution in [0.4, 0.5) is 0 Å². The zero-order valence-corrected chi connectivity index (χ0v) is 15.0. The zero-order valence-electron chi connectivity index (χ0n) is 14.2. The summed E-state index contributed by atoms with van der Waals surface area (Å²) in [6, 6.07) is 9.89. The fraction of sp³-hybridized carbons (Fsp3) is 0.412. The van der Waals surface area contributed by atoms with E-state index >= 15 is 0 Å². The molecule has 0 saturated heterocycles. The number of amides is 1. The van der Waals surface area contributed by atoms with Gasteiger partial charge < -0.3 is 9.73 Å². The Hall–Kier alpha value is -2.33. The van der Waals surface area contributed by atoms with Crippen molar-refractivity contribution in [2.24, 2.45) is 5.92 Å². The van der Waals surface area contributed by atoms with E-state index in [1.54, 1.807) is 6.92 Å². The predicted molar refractivity (Wildman–Crippen MR) is 92.2 cm³/mol. The highest BCUT2D eigenvalue weighted by atomic mass is 32.2. The van der Waals surface area contributed by atoms with Crippen LogP contribution in [0.1, 0.15) is 26.3 Å². The molecule has 2 rings (SSSR count). The fourth-order valence-electron chi connectivity index (χ4n) is 1.84. The van der Waals surface area contributed by atoms with Gasteiger partial charge in [-0.3, -0.25) is 4.79 Å². The first kappa shape index (κ1) is 18.0. The van der Waals surface area contributed by atoms with Crippen LogP contribution in [-0.4, -0.2) is 27.4 Å². The van der Waals surface area contributed by atoms with Gasteiger partial charge in [-0.25, -0.2) is 0 Å². The number of aryl methyl sites for hydroxylation is 1. The molecule has 126 valence electrons. The molecule has 1 aromatic heterocycles. The summed E-state index contributed by atoms with van der Waals surface area (Å²) < 4.78 is 5.56. The number of nitrogens with zero attached hydrogens (tertiary/aromatic N) is 3. The lowest BCUT2D eigenvalue weighted by Crippen LogP contribution is -2.49. The lowest BCUT2D eigenvalue weighted by molar-refractivity contribution is -0.120. The first-order chi connectivity index (χ1) is 11.3. The lowest BCUT2D eigenvalue weighted by atomic mass is 9.90. The van der Waals surface area contributed by atoms with Crippen LogP contribution in [0, 0.1) is 24.2 Å². The van der Waals surface area contributed by atoms with E-state index < -0.39 is 5.54 Å². The Morgan fingerprint density at radius 2 is 2.04 bits per heavy atom. The summed E-state index contributed by atoms with van der Waals surface area (Å²) in [6.07, 6.45) is 0. The van der Waals surface area contributed by atoms with E-state index in [4.69, 9.17) is 4.42 Å². The van der Waals surface area contributed by atoms with E-state index in [1.807, 2.05) is 45.0 Å². The highest BCUT2D eigenvalue weighted by molar-refractivity contribution is 7.99. The molecule has 0 radical (unpaired) electrons. The monoisotopic (exact) mass is 344 g/mol. The number of rotatable bonds is 6. The number of aromatic nitrogens is 2. The van der Waals surface area contributed by atoms with Gasteiger partial charge in [0.1, 0.15) is 5.54 Å². The Morgan fingerprint density at radius 1 is 1.38 bits per heavy atom. The van der Waals surface area contributed by atoms with Gasteiger partial charge in [-0.15, -0.1) is 10.2 Å². The molecule has 6 nitrogen and oxygen atoms in total. The van der Waals surface area contributed by atoms with Crippen molar-refractivity contribution in [2.75, 3.05) is 5.75 Å². The molecule has 1 heterocycles. The van der Waals surface area contributed by atoms with Gasteiger partial charge in [0.15, 0.2) is 0 Å². The quantitative estimate of drug-likeness (QED) is 0.809. The maximum Gasteiger partial charge on any atom is 0.277 e. The fourth-order valence-corrected chi connectivity index (χ4v) is 2.40. The minimum atomic E-state index is -0.889. The van der Waals surface area contributed by atoms with Crippen molar-refractivity contribution in [3.63, 3.8) is 0 Å². The predicted octanol–water partition coefficient (Wildman–Crippen LogP) is 3.19. The van der Waals surface area contributed by atoms with Crippen molar-refractivity contribution in [3.05, 3.63) is 29.8 Å². The molecular weight excluding hydrogens is 324 g/mol. The molecule has 24 heavy (non-hydrogen) atoms. The Labute approximate surface area is 145 Å². The van der Waals surface area contributed by atoms with E-state index in [2.05, 4.69) is 21.6 Å². The molecule has 0 aliphatic rings. The van der Waals surface area contributed by atoms with Crippen molar-refractivity contribution in [3.8, 4) is 17.5 Å². The molecule has 1 N–H and O–H groups in total. The Kier molecular flexibility index (Phi) is 5.62. The summed E-state index contributed by atoms with van der Waals surface area (Å²) in [5, 5.41) is 20.2. The topological polar surface area (TPSA) is 91.8 Å². The number of benzene rings is 1. The van der Waals surface area contributed by atoms with Crippen LogP contribution in [0.3, 0.4) is 0 Å². The SMILES string of the molecule is Cc1ccc(-c2nnc(SCC(=O)N[C@@](C)(C#N)C(C)C)o2)cc1. The maximum atomic E-state index is 12.0. The molecule has 1 aromatic carbocycles. The molecule has 0 saturated carbocycles. The molecule has 0 unspecified atom stereocenters. The van der Waals surface area contributed by atoms with E-state index in [0.29, 0.717) is 11.1 Å². The van der Waals surface area contributed by atoms with Gasteiger partial charge in [0.2, 0.25) is 11.8 Å². The highest BCUT2D eigenvalue weighted by Gasteiger charge is 2.30. The van der Waals surface area contributed by atoms with Crippen molar-refractivity contribution in [1.29, 1.82) is 5.26 Å². The second-order valence-corrected chi connectivity index (χ2v) is 6.97. The maximum absolute atomic E-state index is 12.0. The molecule has 1 atom stereocenters. The average Bonchev–Trinajstić information content (AvgIpc) is 3.02. The number of hydrogen-bond donors (Lipinski definition) is 1. The molecule has 1 amide bonds. The molecule has 0 fully saturated rings. The summed E-state index contributed by atoms with van der Waals surface area (Å²) in [4.78, 5) is 12.0. The molecule has 0 aliphatic carbocycles. The van der Waals surface area contributed by atoms with E-state index in [1.165, 1.54) is 0 Å². The van der Waals surface area contributed by atoms with Gasteiger partial charge >= 0.3 is 0 Å². The number of nitriles is 1. The van der Waals surface area contributed by atoms with Crippen LogP contribution in [0.2, 0.25) is 0 Å². The Morgan fingerprint density at radius 3 is 2.62 bits per heavy atom. The van der Waals surface area contributed by atoms with Gasteiger partial charge in [-0.2, -0.15) is 5.26 Å². The van der Waals surface area contributed by atoms with E-state index in [9.17, 15) is 10.1 Å². The number of thioether (sulfide) groups is 1. The smallest absolute Gasteiger partial charge is 0.277 e. The van der Waals surface area contributed by atoms with Crippen LogP contribution in [0.5, 0.6) is 0 Å². The van der Waals surface area contributed by atoms with Crippen LogP contribution in [0.15, 0.2) is 33.9 Å². The van der Waals surface area contributed by atoms with Crippen molar-refractivity contribution >= 4 is 17.7 Å². The molecule has 0 bridgehead atoms. The van der Waals surface area contributed by atoms with Crippen LogP contribution in [-0.2, 0) is 4.79 Å². The summed E-state index contributed by atoms with van der Waals surface area (Å²) in [5.74, 6) is 0.294. The highest BCUT2D eigenvalue weighted by Crippen LogP contribution is 2.23. The molecular formula is C17H20N4O2S. The first-order valence-electron chi connectivity index (χ1n) is 7.59. The third-order valence-electron chi connectivity index (χ3n) is 3.82. The largest absolute Gasteiger partial charge is 0.411 e. The van der Waals surface area contributed by atoms with Crippen molar-refractivity contribution < 1.29 is 9.21 Å². The summed E-state index contributed by atoms with van der Waals surface area (Å²) in [5.41, 5.74) is 1.09. The van der Waals surface area contributed by atoms with Gasteiger partial charge in [-0.1, -0.05) is 43.3 Å². The number of carbonyl (C=O) groups is 1. The molecule has 0 aliphatic heterocycles. The second-order valence-electron chi connectivity index (χ2n) is 6.04. The molecule has 7 heteroatoms. The number of hydrogen-bond acceptors (Lipinski definition) is 6. The Balaban J connectivity index is 1.95.